The van der Waals surface area contributed by atoms with E-state index >= 15 is 0 Å². The summed E-state index contributed by atoms with van der Waals surface area (Å²) >= 11 is -1.78. The summed E-state index contributed by atoms with van der Waals surface area (Å²) in [5.41, 5.74) is 5.49. The van der Waals surface area contributed by atoms with Crippen molar-refractivity contribution in [1.82, 2.24) is 9.97 Å². The van der Waals surface area contributed by atoms with Crippen LogP contribution in [0.5, 0.6) is 0 Å². The van der Waals surface area contributed by atoms with E-state index in [0.717, 1.165) is 3.58 Å². The molecule has 3 N–H and O–H groups in total. The van der Waals surface area contributed by atoms with Crippen LogP contribution in [0.3, 0.4) is 0 Å². The molecular formula is C6H11N3OSn. The van der Waals surface area contributed by atoms with Crippen molar-refractivity contribution >= 4 is 29.2 Å². The normalized spacial score (nSPS) is 10.5. The fraction of sp³-hybridized carbons (Fsp3) is 0.333. The summed E-state index contributed by atoms with van der Waals surface area (Å²) < 4.78 is 0.773. The van der Waals surface area contributed by atoms with Gasteiger partial charge in [-0.1, -0.05) is 0 Å². The zero-order valence-electron chi connectivity index (χ0n) is 6.59. The molecule has 0 radical (unpaired) electrons. The summed E-state index contributed by atoms with van der Waals surface area (Å²) in [6.45, 7) is 0. The van der Waals surface area contributed by atoms with Crippen LogP contribution in [-0.4, -0.2) is 29.7 Å². The Morgan fingerprint density at radius 1 is 1.64 bits per heavy atom. The number of nitrogens with zero attached hydrogens (tertiary/aromatic N) is 1. The van der Waals surface area contributed by atoms with E-state index in [0.29, 0.717) is 5.82 Å². The van der Waals surface area contributed by atoms with Crippen molar-refractivity contribution in [1.29, 1.82) is 0 Å². The zero-order chi connectivity index (χ0) is 8.43. The number of H-pyrrole nitrogens is 1. The fourth-order valence-electron chi connectivity index (χ4n) is 0.982. The minimum atomic E-state index is -1.78. The maximum atomic E-state index is 11.2. The van der Waals surface area contributed by atoms with Crippen LogP contribution in [0.1, 0.15) is 0 Å². The molecule has 0 aromatic carbocycles. The molecule has 1 aromatic heterocycles. The number of nitrogens with one attached hydrogen (secondary N) is 1. The molecule has 0 saturated heterocycles. The number of aromatic nitrogens is 2. The van der Waals surface area contributed by atoms with Gasteiger partial charge in [-0.25, -0.2) is 0 Å². The molecule has 60 valence electrons. The molecule has 0 saturated carbocycles. The number of nitrogen functional groups attached to an aromatic ring is 1. The van der Waals surface area contributed by atoms with Gasteiger partial charge in [0, 0.05) is 0 Å². The molecule has 11 heavy (non-hydrogen) atoms. The summed E-state index contributed by atoms with van der Waals surface area (Å²) in [6, 6.07) is 0. The van der Waals surface area contributed by atoms with Gasteiger partial charge in [0.05, 0.1) is 0 Å². The van der Waals surface area contributed by atoms with Crippen molar-refractivity contribution in [2.45, 2.75) is 9.88 Å². The Morgan fingerprint density at radius 2 is 2.27 bits per heavy atom. The van der Waals surface area contributed by atoms with E-state index in [1.165, 1.54) is 6.33 Å². The third-order valence-corrected chi connectivity index (χ3v) is 6.39. The van der Waals surface area contributed by atoms with E-state index in [1.807, 2.05) is 0 Å². The summed E-state index contributed by atoms with van der Waals surface area (Å²) in [4.78, 5) is 21.8. The minimum absolute atomic E-state index is 0.0525. The third kappa shape index (κ3) is 1.74. The second-order valence-corrected chi connectivity index (χ2v) is 10.9. The monoisotopic (exact) mass is 261 g/mol. The average Bonchev–Trinajstić information content (AvgIpc) is 1.85. The molecule has 5 heteroatoms. The summed E-state index contributed by atoms with van der Waals surface area (Å²) in [5, 5.41) is 0. The molecule has 4 nitrogen and oxygen atoms in total. The van der Waals surface area contributed by atoms with E-state index in [2.05, 4.69) is 19.8 Å². The number of nitrogens with two attached hydrogens (primary N) is 1. The average molecular weight is 260 g/mol. The van der Waals surface area contributed by atoms with E-state index in [4.69, 9.17) is 5.73 Å². The van der Waals surface area contributed by atoms with E-state index in [1.54, 1.807) is 0 Å². The second kappa shape index (κ2) is 3.25. The Kier molecular flexibility index (Phi) is 2.53. The predicted octanol–water partition coefficient (Wildman–Crippen LogP) is -0.954. The predicted molar refractivity (Wildman–Crippen MR) is 47.8 cm³/mol. The van der Waals surface area contributed by atoms with Crippen molar-refractivity contribution in [3.05, 3.63) is 16.7 Å². The quantitative estimate of drug-likeness (QED) is 0.639. The van der Waals surface area contributed by atoms with Crippen LogP contribution in [0, 0.1) is 0 Å². The van der Waals surface area contributed by atoms with Crippen molar-refractivity contribution in [2.75, 3.05) is 5.73 Å². The summed E-state index contributed by atoms with van der Waals surface area (Å²) in [5.74, 6) is 0.416. The van der Waals surface area contributed by atoms with Gasteiger partial charge in [-0.2, -0.15) is 0 Å². The molecule has 1 heterocycles. The van der Waals surface area contributed by atoms with Crippen LogP contribution >= 0.6 is 0 Å². The third-order valence-electron chi connectivity index (χ3n) is 1.50. The molecule has 1 aromatic rings. The molecule has 0 aliphatic carbocycles. The van der Waals surface area contributed by atoms with Crippen molar-refractivity contribution < 1.29 is 0 Å². The molecule has 0 atom stereocenters. The number of aromatic amines is 1. The van der Waals surface area contributed by atoms with Gasteiger partial charge in [-0.05, 0) is 0 Å². The Bertz CT molecular complexity index is 307. The molecular weight excluding hydrogens is 249 g/mol. The Balaban J connectivity index is 3.33. The zero-order valence-corrected chi connectivity index (χ0v) is 9.88. The first-order valence-corrected chi connectivity index (χ1v) is 11.7. The maximum absolute atomic E-state index is 11.2. The van der Waals surface area contributed by atoms with E-state index in [9.17, 15) is 4.79 Å². The first-order valence-electron chi connectivity index (χ1n) is 3.46. The Hall–Kier alpha value is -0.521. The van der Waals surface area contributed by atoms with Gasteiger partial charge in [0.2, 0.25) is 0 Å². The van der Waals surface area contributed by atoms with Crippen LogP contribution < -0.4 is 14.9 Å². The van der Waals surface area contributed by atoms with Crippen molar-refractivity contribution in [2.24, 2.45) is 0 Å². The van der Waals surface area contributed by atoms with Crippen LogP contribution in [0.2, 0.25) is 9.88 Å². The standard InChI is InChI=1S/C4H4N3O.2CH3.Sn.H/c5-3-1-4(8)7-2-6-3;;;;/h2H,(H3,5,6,7,8);2*1H3;;. The first kappa shape index (κ1) is 8.57. The van der Waals surface area contributed by atoms with Crippen LogP contribution in [0.25, 0.3) is 0 Å². The van der Waals surface area contributed by atoms with E-state index < -0.39 is 19.8 Å². The van der Waals surface area contributed by atoms with Gasteiger partial charge in [-0.15, -0.1) is 0 Å². The van der Waals surface area contributed by atoms with Gasteiger partial charge in [-0.3, -0.25) is 0 Å². The Morgan fingerprint density at radius 3 is 2.64 bits per heavy atom. The number of hydrogen-bond acceptors (Lipinski definition) is 3. The molecule has 0 fully saturated rings. The van der Waals surface area contributed by atoms with Gasteiger partial charge in [0.25, 0.3) is 0 Å². The topological polar surface area (TPSA) is 71.8 Å². The molecule has 0 aliphatic rings. The second-order valence-electron chi connectivity index (χ2n) is 2.69. The summed E-state index contributed by atoms with van der Waals surface area (Å²) in [6.07, 6.45) is 1.34. The van der Waals surface area contributed by atoms with Crippen molar-refractivity contribution in [3.8, 4) is 0 Å². The molecule has 0 amide bonds. The van der Waals surface area contributed by atoms with Crippen molar-refractivity contribution in [3.63, 3.8) is 0 Å². The first-order chi connectivity index (χ1) is 5.13. The Labute approximate surface area is 71.6 Å². The molecule has 0 spiro atoms. The fourth-order valence-corrected chi connectivity index (χ4v) is 4.62. The van der Waals surface area contributed by atoms with Gasteiger partial charge in [0.1, 0.15) is 0 Å². The van der Waals surface area contributed by atoms with Crippen LogP contribution in [0.15, 0.2) is 11.1 Å². The SMILES string of the molecule is [CH3][SnH]([CH3])[c]1c(N)nc[nH]c1=O. The molecule has 1 rings (SSSR count). The molecule has 0 unspecified atom stereocenters. The van der Waals surface area contributed by atoms with Gasteiger partial charge < -0.3 is 0 Å². The van der Waals surface area contributed by atoms with Gasteiger partial charge in [0.15, 0.2) is 0 Å². The molecule has 0 bridgehead atoms. The number of hydrogen-bond donors (Lipinski definition) is 2. The summed E-state index contributed by atoms with van der Waals surface area (Å²) in [7, 11) is 0. The number of anilines is 1. The van der Waals surface area contributed by atoms with Gasteiger partial charge >= 0.3 is 71.4 Å². The van der Waals surface area contributed by atoms with Crippen LogP contribution in [-0.2, 0) is 0 Å². The number of rotatable bonds is 1. The van der Waals surface area contributed by atoms with E-state index in [-0.39, 0.29) is 5.56 Å². The van der Waals surface area contributed by atoms with Crippen LogP contribution in [0.4, 0.5) is 5.82 Å². The molecule has 0 aliphatic heterocycles.